The van der Waals surface area contributed by atoms with Crippen molar-refractivity contribution in [1.82, 2.24) is 13.1 Å². The lowest BCUT2D eigenvalue weighted by Crippen LogP contribution is -2.28. The standard InChI is InChI=1S/C18H20ClN5O5S2/c1-11-4-5-12(29-11)10-20-17-18(23-30(26)22-17)21-14-7-6-13(19)16(15(14)25)31(27,28)24-8-2-3-9-24/h4-7,25H,2-3,8-10H2,1H3,(H,20,22)(H,21,23). The molecule has 31 heavy (non-hydrogen) atoms. The molecule has 2 aromatic heterocycles. The SMILES string of the molecule is Cc1ccc(CN=c2[nH][s+]([O-])nc2Nc2ccc(Cl)c(S(=O)(=O)N3CCCC3)c2O)o1. The van der Waals surface area contributed by atoms with Crippen LogP contribution < -0.4 is 10.8 Å². The van der Waals surface area contributed by atoms with E-state index in [-0.39, 0.29) is 33.5 Å². The summed E-state index contributed by atoms with van der Waals surface area (Å²) in [7, 11) is -3.97. The fraction of sp³-hybridized carbons (Fsp3) is 0.333. The summed E-state index contributed by atoms with van der Waals surface area (Å²) in [5.74, 6) is 0.893. The molecule has 1 aliphatic heterocycles. The van der Waals surface area contributed by atoms with Gasteiger partial charge in [-0.05, 0) is 44.0 Å². The molecule has 1 aromatic carbocycles. The summed E-state index contributed by atoms with van der Waals surface area (Å²) in [5, 5.41) is 13.4. The molecule has 1 fully saturated rings. The number of hydrogen-bond donors (Lipinski definition) is 3. The summed E-state index contributed by atoms with van der Waals surface area (Å²) in [6.45, 7) is 2.73. The Morgan fingerprint density at radius 2 is 2.10 bits per heavy atom. The van der Waals surface area contributed by atoms with Gasteiger partial charge in [0.15, 0.2) is 16.9 Å². The zero-order valence-electron chi connectivity index (χ0n) is 16.5. The van der Waals surface area contributed by atoms with E-state index >= 15 is 0 Å². The van der Waals surface area contributed by atoms with Gasteiger partial charge in [-0.1, -0.05) is 11.6 Å². The number of hydrogen-bond acceptors (Lipinski definition) is 8. The van der Waals surface area contributed by atoms with E-state index in [1.54, 1.807) is 12.1 Å². The molecule has 3 N–H and O–H groups in total. The van der Waals surface area contributed by atoms with Gasteiger partial charge >= 0.3 is 0 Å². The first-order valence-electron chi connectivity index (χ1n) is 9.42. The minimum Gasteiger partial charge on any atom is -0.548 e. The van der Waals surface area contributed by atoms with Crippen LogP contribution in [0.2, 0.25) is 5.02 Å². The van der Waals surface area contributed by atoms with Crippen LogP contribution in [0.4, 0.5) is 11.5 Å². The molecule has 4 rings (SSSR count). The van der Waals surface area contributed by atoms with Gasteiger partial charge in [-0.3, -0.25) is 4.99 Å². The Balaban J connectivity index is 1.68. The highest BCUT2D eigenvalue weighted by molar-refractivity contribution is 7.89. The maximum atomic E-state index is 13.0. The number of phenols is 1. The molecule has 0 saturated carbocycles. The first kappa shape index (κ1) is 21.8. The Morgan fingerprint density at radius 1 is 1.35 bits per heavy atom. The highest BCUT2D eigenvalue weighted by Crippen LogP contribution is 2.40. The Kier molecular flexibility index (Phi) is 6.08. The van der Waals surface area contributed by atoms with E-state index in [2.05, 4.69) is 19.1 Å². The van der Waals surface area contributed by atoms with Crippen molar-refractivity contribution in [3.63, 3.8) is 0 Å². The second-order valence-electron chi connectivity index (χ2n) is 6.98. The van der Waals surface area contributed by atoms with E-state index in [0.717, 1.165) is 18.6 Å². The number of nitrogens with one attached hydrogen (secondary N) is 2. The number of aromatic amines is 1. The Labute approximate surface area is 186 Å². The zero-order chi connectivity index (χ0) is 22.2. The Bertz CT molecular complexity index is 1270. The maximum Gasteiger partial charge on any atom is 0.248 e. The average molecular weight is 486 g/mol. The zero-order valence-corrected chi connectivity index (χ0v) is 18.9. The molecule has 1 aliphatic rings. The average Bonchev–Trinajstić information content (AvgIpc) is 3.44. The third-order valence-electron chi connectivity index (χ3n) is 4.77. The molecule has 10 nitrogen and oxygen atoms in total. The summed E-state index contributed by atoms with van der Waals surface area (Å²) in [6, 6.07) is 6.36. The van der Waals surface area contributed by atoms with Gasteiger partial charge < -0.3 is 19.4 Å². The van der Waals surface area contributed by atoms with Gasteiger partial charge in [0, 0.05) is 17.5 Å². The van der Waals surface area contributed by atoms with Crippen molar-refractivity contribution < 1.29 is 22.5 Å². The van der Waals surface area contributed by atoms with Gasteiger partial charge in [-0.2, -0.15) is 4.31 Å². The molecule has 0 aliphatic carbocycles. The lowest BCUT2D eigenvalue weighted by molar-refractivity contribution is 0.445. The maximum absolute atomic E-state index is 13.0. The van der Waals surface area contributed by atoms with Crippen LogP contribution in [0, 0.1) is 6.92 Å². The lowest BCUT2D eigenvalue weighted by Gasteiger charge is -2.18. The molecular weight excluding hydrogens is 466 g/mol. The highest BCUT2D eigenvalue weighted by atomic mass is 35.5. The minimum absolute atomic E-state index is 0.0446. The molecule has 0 spiro atoms. The lowest BCUT2D eigenvalue weighted by atomic mass is 10.3. The van der Waals surface area contributed by atoms with Crippen molar-refractivity contribution in [3.8, 4) is 5.75 Å². The van der Waals surface area contributed by atoms with Gasteiger partial charge in [0.25, 0.3) is 0 Å². The second-order valence-corrected chi connectivity index (χ2v) is 10.1. The second kappa shape index (κ2) is 8.63. The first-order valence-corrected chi connectivity index (χ1v) is 12.3. The number of anilines is 2. The van der Waals surface area contributed by atoms with Gasteiger partial charge in [0.2, 0.25) is 21.3 Å². The van der Waals surface area contributed by atoms with Crippen LogP contribution in [0.1, 0.15) is 24.4 Å². The van der Waals surface area contributed by atoms with Crippen molar-refractivity contribution in [2.24, 2.45) is 4.99 Å². The van der Waals surface area contributed by atoms with Crippen LogP contribution in [0.25, 0.3) is 0 Å². The molecular formula is C18H20ClN5O5S2. The van der Waals surface area contributed by atoms with Crippen LogP contribution in [-0.2, 0) is 16.6 Å². The number of H-pyrrole nitrogens is 1. The molecule has 3 heterocycles. The van der Waals surface area contributed by atoms with Gasteiger partial charge in [0.05, 0.1) is 17.3 Å². The summed E-state index contributed by atoms with van der Waals surface area (Å²) < 4.78 is 51.1. The van der Waals surface area contributed by atoms with Crippen LogP contribution >= 0.6 is 22.7 Å². The van der Waals surface area contributed by atoms with E-state index < -0.39 is 26.9 Å². The van der Waals surface area contributed by atoms with Gasteiger partial charge in [0.1, 0.15) is 16.4 Å². The number of halogens is 1. The van der Waals surface area contributed by atoms with Crippen LogP contribution in [0.15, 0.2) is 38.6 Å². The summed E-state index contributed by atoms with van der Waals surface area (Å²) >= 11 is 4.37. The number of phenolic OH excluding ortho intramolecular Hbond substituents is 1. The van der Waals surface area contributed by atoms with E-state index in [1.807, 2.05) is 6.92 Å². The smallest absolute Gasteiger partial charge is 0.248 e. The van der Waals surface area contributed by atoms with Gasteiger partial charge in [-0.25, -0.2) is 8.42 Å². The summed E-state index contributed by atoms with van der Waals surface area (Å²) in [6.07, 6.45) is 1.50. The van der Waals surface area contributed by atoms with Crippen LogP contribution in [0.3, 0.4) is 0 Å². The van der Waals surface area contributed by atoms with E-state index in [1.165, 1.54) is 16.4 Å². The van der Waals surface area contributed by atoms with E-state index in [4.69, 9.17) is 16.0 Å². The number of nitrogens with zero attached hydrogens (tertiary/aromatic N) is 3. The number of benzene rings is 1. The Hall–Kier alpha value is -2.38. The van der Waals surface area contributed by atoms with Crippen molar-refractivity contribution in [3.05, 3.63) is 46.3 Å². The van der Waals surface area contributed by atoms with Crippen LogP contribution in [-0.4, -0.2) is 44.2 Å². The molecule has 1 atom stereocenters. The van der Waals surface area contributed by atoms with Crippen molar-refractivity contribution >= 4 is 44.3 Å². The predicted molar refractivity (Wildman–Crippen MR) is 114 cm³/mol. The van der Waals surface area contributed by atoms with E-state index in [9.17, 15) is 18.1 Å². The normalized spacial score (nSPS) is 16.2. The highest BCUT2D eigenvalue weighted by Gasteiger charge is 2.33. The molecule has 0 radical (unpaired) electrons. The van der Waals surface area contributed by atoms with Crippen molar-refractivity contribution in [2.75, 3.05) is 18.4 Å². The van der Waals surface area contributed by atoms with Crippen LogP contribution in [0.5, 0.6) is 5.75 Å². The molecule has 1 unspecified atom stereocenters. The van der Waals surface area contributed by atoms with Gasteiger partial charge in [-0.15, -0.1) is 4.37 Å². The number of aromatic nitrogens is 2. The monoisotopic (exact) mass is 485 g/mol. The number of aryl methyl sites for hydroxylation is 1. The molecule has 1 saturated heterocycles. The number of furan rings is 1. The minimum atomic E-state index is -3.97. The molecule has 13 heteroatoms. The quantitative estimate of drug-likeness (QED) is 0.359. The Morgan fingerprint density at radius 3 is 2.77 bits per heavy atom. The topological polar surface area (TPSA) is 147 Å². The number of rotatable bonds is 6. The van der Waals surface area contributed by atoms with Crippen molar-refractivity contribution in [2.45, 2.75) is 31.2 Å². The number of sulfonamides is 1. The molecule has 166 valence electrons. The summed E-state index contributed by atoms with van der Waals surface area (Å²) in [4.78, 5) is 3.93. The predicted octanol–water partition coefficient (Wildman–Crippen LogP) is 3.03. The molecule has 3 aromatic rings. The number of aromatic hydroxyl groups is 1. The fourth-order valence-corrected chi connectivity index (χ4v) is 6.06. The molecule has 0 amide bonds. The first-order chi connectivity index (χ1) is 14.8. The largest absolute Gasteiger partial charge is 0.548 e. The third kappa shape index (κ3) is 4.48. The summed E-state index contributed by atoms with van der Waals surface area (Å²) in [5.41, 5.74) is 0.230. The third-order valence-corrected chi connectivity index (χ3v) is 7.89. The molecule has 0 bridgehead atoms. The van der Waals surface area contributed by atoms with E-state index in [0.29, 0.717) is 18.8 Å². The fourth-order valence-electron chi connectivity index (χ4n) is 3.27. The van der Waals surface area contributed by atoms with Crippen molar-refractivity contribution in [1.29, 1.82) is 0 Å².